The molecule has 10 heteroatoms. The van der Waals surface area contributed by atoms with Gasteiger partial charge in [-0.1, -0.05) is 44.2 Å². The molecule has 3 rings (SSSR count). The second kappa shape index (κ2) is 15.8. The quantitative estimate of drug-likeness (QED) is 0.225. The van der Waals surface area contributed by atoms with Gasteiger partial charge in [0.1, 0.15) is 11.0 Å². The number of allylic oxidation sites excluding steroid dienone is 4. The number of carbonyl (C=O) groups is 1. The lowest BCUT2D eigenvalue weighted by Gasteiger charge is -2.13. The molecule has 0 unspecified atom stereocenters. The maximum absolute atomic E-state index is 13.2. The first-order chi connectivity index (χ1) is 18.3. The number of nitrogens with zero attached hydrogens (tertiary/aromatic N) is 2. The molecule has 0 radical (unpaired) electrons. The van der Waals surface area contributed by atoms with Gasteiger partial charge in [0, 0.05) is 22.5 Å². The zero-order valence-electron chi connectivity index (χ0n) is 22.3. The number of rotatable bonds is 12. The zero-order chi connectivity index (χ0) is 28.1. The molecule has 38 heavy (non-hydrogen) atoms. The number of halogens is 1. The molecule has 204 valence electrons. The fourth-order valence-corrected chi connectivity index (χ4v) is 4.13. The molecule has 1 N–H and O–H groups in total. The predicted molar refractivity (Wildman–Crippen MR) is 156 cm³/mol. The van der Waals surface area contributed by atoms with Gasteiger partial charge in [-0.2, -0.15) is 0 Å². The zero-order valence-corrected chi connectivity index (χ0v) is 23.9. The van der Waals surface area contributed by atoms with Crippen molar-refractivity contribution in [1.29, 1.82) is 0 Å². The van der Waals surface area contributed by atoms with Gasteiger partial charge in [-0.05, 0) is 44.2 Å². The number of carbonyl (C=O) groups excluding carboxylic acids is 1. The maximum atomic E-state index is 13.2. The Bertz CT molecular complexity index is 1340. The van der Waals surface area contributed by atoms with Gasteiger partial charge in [-0.25, -0.2) is 4.98 Å². The van der Waals surface area contributed by atoms with Crippen LogP contribution in [-0.4, -0.2) is 48.4 Å². The minimum absolute atomic E-state index is 0.104. The van der Waals surface area contributed by atoms with Crippen LogP contribution in [0.2, 0.25) is 0 Å². The first-order valence-corrected chi connectivity index (χ1v) is 13.4. The van der Waals surface area contributed by atoms with Gasteiger partial charge in [0.2, 0.25) is 0 Å². The first kappa shape index (κ1) is 30.8. The Balaban J connectivity index is 0.00000247. The summed E-state index contributed by atoms with van der Waals surface area (Å²) in [5.74, 6) is 0.493. The average molecular weight is 560 g/mol. The summed E-state index contributed by atoms with van der Waals surface area (Å²) in [5, 5.41) is 3.25. The lowest BCUT2D eigenvalue weighted by molar-refractivity contribution is -0.123. The summed E-state index contributed by atoms with van der Waals surface area (Å²) in [7, 11) is 1.49. The van der Waals surface area contributed by atoms with Crippen molar-refractivity contribution >= 4 is 45.1 Å². The van der Waals surface area contributed by atoms with Crippen molar-refractivity contribution in [1.82, 2.24) is 14.9 Å². The highest BCUT2D eigenvalue weighted by Crippen LogP contribution is 2.30. The summed E-state index contributed by atoms with van der Waals surface area (Å²) in [5.41, 5.74) is 0.958. The molecule has 0 aliphatic heterocycles. The summed E-state index contributed by atoms with van der Waals surface area (Å²) in [6.45, 7) is 12.1. The molecule has 0 aliphatic carbocycles. The topological polar surface area (TPSA) is 91.7 Å². The van der Waals surface area contributed by atoms with Crippen LogP contribution in [0.25, 0.3) is 22.0 Å². The number of fused-ring (bicyclic) bond motifs is 1. The second-order valence-corrected chi connectivity index (χ2v) is 9.31. The van der Waals surface area contributed by atoms with Crippen molar-refractivity contribution in [2.75, 3.05) is 26.9 Å². The van der Waals surface area contributed by atoms with E-state index in [1.54, 1.807) is 36.4 Å². The number of hydrogen-bond donors (Lipinski definition) is 1. The van der Waals surface area contributed by atoms with Crippen molar-refractivity contribution in [2.45, 2.75) is 33.8 Å². The fourth-order valence-electron chi connectivity index (χ4n) is 3.10. The van der Waals surface area contributed by atoms with E-state index >= 15 is 0 Å². The number of methoxy groups -OCH3 is 1. The number of nitrogens with one attached hydrogen (secondary N) is 1. The van der Waals surface area contributed by atoms with Crippen molar-refractivity contribution in [3.05, 3.63) is 75.7 Å². The Morgan fingerprint density at radius 2 is 2.03 bits per heavy atom. The predicted octanol–water partition coefficient (Wildman–Crippen LogP) is 5.72. The van der Waals surface area contributed by atoms with E-state index in [0.717, 1.165) is 4.88 Å². The first-order valence-electron chi connectivity index (χ1n) is 12.2. The molecule has 1 aromatic carbocycles. The molecule has 2 heterocycles. The number of ether oxygens (including phenoxy) is 3. The minimum atomic E-state index is -0.274. The summed E-state index contributed by atoms with van der Waals surface area (Å²) in [4.78, 5) is 30.5. The van der Waals surface area contributed by atoms with Crippen LogP contribution >= 0.6 is 22.9 Å². The highest BCUT2D eigenvalue weighted by molar-refractivity contribution is 7.19. The van der Waals surface area contributed by atoms with Gasteiger partial charge in [0.25, 0.3) is 11.5 Å². The third-order valence-electron chi connectivity index (χ3n) is 4.83. The molecule has 3 aromatic rings. The smallest absolute Gasteiger partial charge is 0.275 e. The molecular weight excluding hydrogens is 526 g/mol. The maximum Gasteiger partial charge on any atom is 0.275 e. The van der Waals surface area contributed by atoms with Gasteiger partial charge >= 0.3 is 0 Å². The van der Waals surface area contributed by atoms with Crippen LogP contribution < -0.4 is 20.3 Å². The molecular formula is C28H34ClN3O5S. The normalized spacial score (nSPS) is 11.4. The molecule has 2 aromatic heterocycles. The van der Waals surface area contributed by atoms with E-state index in [0.29, 0.717) is 45.6 Å². The third kappa shape index (κ3) is 8.86. The molecule has 0 aliphatic rings. The standard InChI is InChI=1S/C26H28ClN3O5S.C2H6/c1-5-18(27)7-6-8-20-14-21-25(36-20)26(32)30(16-29-21)19-9-10-22(23(13-19)33-4)35-15-24(31)28-11-12-34-17(2)3;1-2/h5-10,13-14,16-17H,1,11-12,15H2,2-4H3,(H,28,31);1-2H3/b8-6+,18-7+;. The highest BCUT2D eigenvalue weighted by Gasteiger charge is 2.13. The SMILES string of the molecule is C=C/C(Cl)=C\C=C\c1cc2ncn(-c3ccc(OCC(=O)NCCOC(C)C)c(OC)c3)c(=O)c2s1.CC. The number of amides is 1. The van der Waals surface area contributed by atoms with Crippen LogP contribution in [-0.2, 0) is 9.53 Å². The lowest BCUT2D eigenvalue weighted by atomic mass is 10.2. The summed E-state index contributed by atoms with van der Waals surface area (Å²) in [6.07, 6.45) is 8.47. The molecule has 0 saturated heterocycles. The number of hydrogen-bond acceptors (Lipinski definition) is 7. The number of aromatic nitrogens is 2. The molecule has 0 atom stereocenters. The van der Waals surface area contributed by atoms with E-state index in [1.165, 1.54) is 29.3 Å². The van der Waals surface area contributed by atoms with Crippen LogP contribution in [0, 0.1) is 0 Å². The molecule has 0 spiro atoms. The Morgan fingerprint density at radius 3 is 2.71 bits per heavy atom. The van der Waals surface area contributed by atoms with Gasteiger partial charge in [0.15, 0.2) is 18.1 Å². The van der Waals surface area contributed by atoms with Crippen molar-refractivity contribution in [3.8, 4) is 17.2 Å². The van der Waals surface area contributed by atoms with Crippen LogP contribution in [0.15, 0.2) is 65.2 Å². The molecule has 1 amide bonds. The van der Waals surface area contributed by atoms with Gasteiger partial charge < -0.3 is 19.5 Å². The average Bonchev–Trinajstić information content (AvgIpc) is 3.35. The van der Waals surface area contributed by atoms with Crippen molar-refractivity contribution in [2.24, 2.45) is 0 Å². The van der Waals surface area contributed by atoms with Gasteiger partial charge in [-0.15, -0.1) is 11.3 Å². The minimum Gasteiger partial charge on any atom is -0.493 e. The van der Waals surface area contributed by atoms with E-state index in [1.807, 2.05) is 39.8 Å². The van der Waals surface area contributed by atoms with Crippen molar-refractivity contribution in [3.63, 3.8) is 0 Å². The van der Waals surface area contributed by atoms with Gasteiger partial charge in [-0.3, -0.25) is 14.2 Å². The Kier molecular flexibility index (Phi) is 12.8. The van der Waals surface area contributed by atoms with Crippen LogP contribution in [0.5, 0.6) is 11.5 Å². The number of benzene rings is 1. The molecule has 8 nitrogen and oxygen atoms in total. The molecule has 0 fully saturated rings. The summed E-state index contributed by atoms with van der Waals surface area (Å²) < 4.78 is 18.4. The summed E-state index contributed by atoms with van der Waals surface area (Å²) in [6, 6.07) is 6.86. The molecule has 0 saturated carbocycles. The second-order valence-electron chi connectivity index (χ2n) is 7.79. The van der Waals surface area contributed by atoms with E-state index in [4.69, 9.17) is 25.8 Å². The largest absolute Gasteiger partial charge is 0.493 e. The Labute approximate surface area is 232 Å². The van der Waals surface area contributed by atoms with E-state index in [9.17, 15) is 9.59 Å². The monoisotopic (exact) mass is 559 g/mol. The van der Waals surface area contributed by atoms with Crippen LogP contribution in [0.3, 0.4) is 0 Å². The van der Waals surface area contributed by atoms with E-state index < -0.39 is 0 Å². The van der Waals surface area contributed by atoms with Crippen LogP contribution in [0.4, 0.5) is 0 Å². The summed E-state index contributed by atoms with van der Waals surface area (Å²) >= 11 is 7.25. The Hall–Kier alpha value is -3.40. The highest BCUT2D eigenvalue weighted by atomic mass is 35.5. The van der Waals surface area contributed by atoms with E-state index in [2.05, 4.69) is 16.9 Å². The third-order valence-corrected chi connectivity index (χ3v) is 6.19. The molecule has 0 bridgehead atoms. The fraction of sp³-hybridized carbons (Fsp3) is 0.321. The lowest BCUT2D eigenvalue weighted by Crippen LogP contribution is -2.32. The Morgan fingerprint density at radius 1 is 1.26 bits per heavy atom. The van der Waals surface area contributed by atoms with E-state index in [-0.39, 0.29) is 24.2 Å². The van der Waals surface area contributed by atoms with Crippen molar-refractivity contribution < 1.29 is 19.0 Å². The van der Waals surface area contributed by atoms with Gasteiger partial charge in [0.05, 0.1) is 31.0 Å². The number of thiophene rings is 1. The van der Waals surface area contributed by atoms with Crippen LogP contribution in [0.1, 0.15) is 32.6 Å².